The van der Waals surface area contributed by atoms with E-state index in [1.807, 2.05) is 0 Å². The minimum absolute atomic E-state index is 0.000524. The molecule has 7 nitrogen and oxygen atoms in total. The number of amides is 1. The summed E-state index contributed by atoms with van der Waals surface area (Å²) in [5, 5.41) is 8.28. The molecule has 21 heavy (non-hydrogen) atoms. The van der Waals surface area contributed by atoms with Gasteiger partial charge in [0.2, 0.25) is 0 Å². The number of carbonyl (C=O) groups is 2. The van der Waals surface area contributed by atoms with Gasteiger partial charge < -0.3 is 10.1 Å². The van der Waals surface area contributed by atoms with E-state index in [4.69, 9.17) is 4.74 Å². The third kappa shape index (κ3) is 3.53. The zero-order valence-electron chi connectivity index (χ0n) is 11.2. The fraction of sp³-hybridized carbons (Fsp3) is 0.143. The topological polar surface area (TPSA) is 101 Å². The number of nitrogens with one attached hydrogen (secondary N) is 2. The van der Waals surface area contributed by atoms with Gasteiger partial charge in [-0.15, -0.1) is 0 Å². The monoisotopic (exact) mass is 287 g/mol. The molecule has 1 heterocycles. The van der Waals surface area contributed by atoms with Crippen LogP contribution in [0.15, 0.2) is 47.3 Å². The highest BCUT2D eigenvalue weighted by atomic mass is 16.5. The smallest absolute Gasteiger partial charge is 0.333 e. The number of aromatic nitrogens is 2. The highest BCUT2D eigenvalue weighted by Crippen LogP contribution is 2.14. The van der Waals surface area contributed by atoms with Crippen LogP contribution in [0.4, 0.5) is 0 Å². The number of nitrogens with zero attached hydrogens (tertiary/aromatic N) is 1. The van der Waals surface area contributed by atoms with E-state index in [1.54, 1.807) is 30.3 Å². The van der Waals surface area contributed by atoms with Crippen molar-refractivity contribution in [3.05, 3.63) is 64.1 Å². The van der Waals surface area contributed by atoms with E-state index in [-0.39, 0.29) is 5.69 Å². The molecule has 108 valence electrons. The van der Waals surface area contributed by atoms with Crippen LogP contribution in [0.2, 0.25) is 0 Å². The molecule has 2 aromatic rings. The zero-order valence-corrected chi connectivity index (χ0v) is 11.2. The van der Waals surface area contributed by atoms with Crippen LogP contribution in [-0.2, 0) is 9.53 Å². The molecule has 1 atom stereocenters. The number of hydrogen-bond acceptors (Lipinski definition) is 5. The maximum atomic E-state index is 12.1. The van der Waals surface area contributed by atoms with Crippen molar-refractivity contribution in [1.29, 1.82) is 0 Å². The quantitative estimate of drug-likeness (QED) is 0.793. The first-order valence-electron chi connectivity index (χ1n) is 6.11. The number of methoxy groups -OCH3 is 1. The van der Waals surface area contributed by atoms with Gasteiger partial charge in [-0.3, -0.25) is 9.59 Å². The van der Waals surface area contributed by atoms with Crippen molar-refractivity contribution in [1.82, 2.24) is 15.5 Å². The third-order valence-electron chi connectivity index (χ3n) is 2.76. The first-order valence-corrected chi connectivity index (χ1v) is 6.11. The summed E-state index contributed by atoms with van der Waals surface area (Å²) in [6, 6.07) is 10.2. The lowest BCUT2D eigenvalue weighted by Crippen LogP contribution is -2.35. The summed E-state index contributed by atoms with van der Waals surface area (Å²) in [5.41, 5.74) is 0.167. The molecule has 1 amide bonds. The predicted molar refractivity (Wildman–Crippen MR) is 73.5 cm³/mol. The molecule has 1 aromatic heterocycles. The minimum Gasteiger partial charge on any atom is -0.467 e. The van der Waals surface area contributed by atoms with E-state index in [0.29, 0.717) is 5.56 Å². The lowest BCUT2D eigenvalue weighted by molar-refractivity contribution is -0.143. The van der Waals surface area contributed by atoms with Crippen molar-refractivity contribution in [3.63, 3.8) is 0 Å². The summed E-state index contributed by atoms with van der Waals surface area (Å²) in [6.45, 7) is 0. The number of carbonyl (C=O) groups excluding carboxylic acids is 2. The Bertz CT molecular complexity index is 676. The molecule has 0 saturated carbocycles. The Kier molecular flexibility index (Phi) is 4.45. The van der Waals surface area contributed by atoms with Gasteiger partial charge in [-0.05, 0) is 11.6 Å². The molecule has 0 aliphatic carbocycles. The molecular formula is C14H13N3O4. The molecule has 7 heteroatoms. The van der Waals surface area contributed by atoms with Gasteiger partial charge in [-0.1, -0.05) is 30.3 Å². The van der Waals surface area contributed by atoms with Crippen molar-refractivity contribution >= 4 is 11.9 Å². The summed E-state index contributed by atoms with van der Waals surface area (Å²) >= 11 is 0. The number of ether oxygens (including phenoxy) is 1. The first kappa shape index (κ1) is 14.4. The van der Waals surface area contributed by atoms with E-state index in [9.17, 15) is 14.4 Å². The van der Waals surface area contributed by atoms with E-state index in [1.165, 1.54) is 19.2 Å². The standard InChI is InChI=1S/C14H13N3O4/c1-21-14(20)12(9-5-3-2-4-6-9)15-13(19)10-7-8-11(18)17-16-10/h2-8,12H,1H3,(H,15,19)(H,17,18). The first-order chi connectivity index (χ1) is 10.1. The number of rotatable bonds is 4. The van der Waals surface area contributed by atoms with Gasteiger partial charge in [0.15, 0.2) is 6.04 Å². The maximum absolute atomic E-state index is 12.1. The number of hydrogen-bond donors (Lipinski definition) is 2. The van der Waals surface area contributed by atoms with Gasteiger partial charge in [0.1, 0.15) is 5.69 Å². The molecule has 0 radical (unpaired) electrons. The Morgan fingerprint density at radius 3 is 2.48 bits per heavy atom. The Morgan fingerprint density at radius 1 is 1.19 bits per heavy atom. The van der Waals surface area contributed by atoms with E-state index >= 15 is 0 Å². The Morgan fingerprint density at radius 2 is 1.90 bits per heavy atom. The van der Waals surface area contributed by atoms with Crippen molar-refractivity contribution in [3.8, 4) is 0 Å². The summed E-state index contributed by atoms with van der Waals surface area (Å²) in [4.78, 5) is 34.8. The van der Waals surface area contributed by atoms with Gasteiger partial charge in [-0.2, -0.15) is 5.10 Å². The molecule has 0 fully saturated rings. The molecular weight excluding hydrogens is 274 g/mol. The highest BCUT2D eigenvalue weighted by Gasteiger charge is 2.24. The van der Waals surface area contributed by atoms with Gasteiger partial charge in [0, 0.05) is 6.07 Å². The van der Waals surface area contributed by atoms with Crippen LogP contribution in [0.1, 0.15) is 22.1 Å². The molecule has 1 aromatic carbocycles. The van der Waals surface area contributed by atoms with Crippen molar-refractivity contribution < 1.29 is 14.3 Å². The molecule has 0 spiro atoms. The maximum Gasteiger partial charge on any atom is 0.333 e. The number of aromatic amines is 1. The predicted octanol–water partition coefficient (Wildman–Crippen LogP) is 0.414. The van der Waals surface area contributed by atoms with E-state index < -0.39 is 23.5 Å². The summed E-state index contributed by atoms with van der Waals surface area (Å²) in [5.74, 6) is -1.19. The van der Waals surface area contributed by atoms with Crippen molar-refractivity contribution in [2.75, 3.05) is 7.11 Å². The van der Waals surface area contributed by atoms with Gasteiger partial charge in [0.25, 0.3) is 11.5 Å². The molecule has 2 N–H and O–H groups in total. The van der Waals surface area contributed by atoms with Crippen LogP contribution in [0.3, 0.4) is 0 Å². The van der Waals surface area contributed by atoms with Crippen LogP contribution in [0.25, 0.3) is 0 Å². The van der Waals surface area contributed by atoms with Crippen molar-refractivity contribution in [2.45, 2.75) is 6.04 Å². The molecule has 0 aliphatic heterocycles. The molecule has 0 saturated heterocycles. The highest BCUT2D eigenvalue weighted by molar-refractivity contribution is 5.95. The lowest BCUT2D eigenvalue weighted by Gasteiger charge is -2.16. The summed E-state index contributed by atoms with van der Waals surface area (Å²) < 4.78 is 4.69. The van der Waals surface area contributed by atoms with Gasteiger partial charge >= 0.3 is 5.97 Å². The number of H-pyrrole nitrogens is 1. The summed E-state index contributed by atoms with van der Waals surface area (Å²) in [7, 11) is 1.24. The van der Waals surface area contributed by atoms with Crippen LogP contribution < -0.4 is 10.9 Å². The van der Waals surface area contributed by atoms with Gasteiger partial charge in [0.05, 0.1) is 7.11 Å². The molecule has 1 unspecified atom stereocenters. The Balaban J connectivity index is 2.23. The van der Waals surface area contributed by atoms with Gasteiger partial charge in [-0.25, -0.2) is 9.89 Å². The minimum atomic E-state index is -0.947. The van der Waals surface area contributed by atoms with Crippen molar-refractivity contribution in [2.24, 2.45) is 0 Å². The van der Waals surface area contributed by atoms with Crippen LogP contribution >= 0.6 is 0 Å². The molecule has 0 aliphatic rings. The Hall–Kier alpha value is -2.96. The fourth-order valence-electron chi connectivity index (χ4n) is 1.72. The van der Waals surface area contributed by atoms with Crippen LogP contribution in [0, 0.1) is 0 Å². The number of benzene rings is 1. The zero-order chi connectivity index (χ0) is 15.2. The molecule has 2 rings (SSSR count). The fourth-order valence-corrected chi connectivity index (χ4v) is 1.72. The second-order valence-electron chi connectivity index (χ2n) is 4.15. The Labute approximate surface area is 120 Å². The van der Waals surface area contributed by atoms with Crippen LogP contribution in [-0.4, -0.2) is 29.2 Å². The lowest BCUT2D eigenvalue weighted by atomic mass is 10.1. The average Bonchev–Trinajstić information content (AvgIpc) is 2.53. The number of esters is 1. The second kappa shape index (κ2) is 6.47. The summed E-state index contributed by atoms with van der Waals surface area (Å²) in [6.07, 6.45) is 0. The van der Waals surface area contributed by atoms with E-state index in [2.05, 4.69) is 15.5 Å². The normalized spacial score (nSPS) is 11.5. The molecule has 0 bridgehead atoms. The SMILES string of the molecule is COC(=O)C(NC(=O)c1ccc(=O)[nH]n1)c1ccccc1. The second-order valence-corrected chi connectivity index (χ2v) is 4.15. The average molecular weight is 287 g/mol. The largest absolute Gasteiger partial charge is 0.467 e. The van der Waals surface area contributed by atoms with E-state index in [0.717, 1.165) is 0 Å². The third-order valence-corrected chi connectivity index (χ3v) is 2.76. The van der Waals surface area contributed by atoms with Crippen LogP contribution in [0.5, 0.6) is 0 Å².